The van der Waals surface area contributed by atoms with Gasteiger partial charge in [-0.05, 0) is 52.3 Å². The van der Waals surface area contributed by atoms with Gasteiger partial charge in [-0.25, -0.2) is 14.6 Å². The molecule has 0 spiro atoms. The number of carbonyl (C=O) groups excluding carboxylic acids is 4. The van der Waals surface area contributed by atoms with Crippen molar-refractivity contribution < 1.29 is 43.3 Å². The molecule has 1 aromatic heterocycles. The zero-order valence-corrected chi connectivity index (χ0v) is 30.4. The quantitative estimate of drug-likeness (QED) is 0.148. The largest absolute Gasteiger partial charge is 0.497 e. The molecule has 5 rings (SSSR count). The highest BCUT2D eigenvalue weighted by Crippen LogP contribution is 2.45. The Bertz CT molecular complexity index is 1930. The van der Waals surface area contributed by atoms with Gasteiger partial charge in [0.2, 0.25) is 17.7 Å². The number of nitrogens with one attached hydrogen (secondary N) is 3. The van der Waals surface area contributed by atoms with Crippen molar-refractivity contribution in [2.45, 2.75) is 69.9 Å². The molecule has 5 atom stereocenters. The number of benzene rings is 2. The van der Waals surface area contributed by atoms with E-state index in [1.54, 1.807) is 59.1 Å². The molecule has 4 N–H and O–H groups in total. The van der Waals surface area contributed by atoms with E-state index in [1.807, 2.05) is 30.3 Å². The van der Waals surface area contributed by atoms with Gasteiger partial charge < -0.3 is 40.2 Å². The number of aromatic nitrogens is 1. The summed E-state index contributed by atoms with van der Waals surface area (Å²) >= 11 is 0. The van der Waals surface area contributed by atoms with E-state index >= 15 is 0 Å². The SMILES string of the molecule is C=CC1CC1(NC(=O)C1CC(Oc2cc(-c3ccccc3)nc3cc(OC)ccc23)CN1C(=O)C(CNC(=O)C=CC)NC(=O)OC(C)(C)C)C(=O)O. The average Bonchev–Trinajstić information content (AvgIpc) is 3.68. The number of carbonyl (C=O) groups is 5. The number of ether oxygens (including phenoxy) is 3. The number of fused-ring (bicyclic) bond motifs is 1. The second-order valence-electron chi connectivity index (χ2n) is 14.0. The molecule has 53 heavy (non-hydrogen) atoms. The lowest BCUT2D eigenvalue weighted by molar-refractivity contribution is -0.145. The predicted molar refractivity (Wildman–Crippen MR) is 196 cm³/mol. The molecule has 2 fully saturated rings. The Balaban J connectivity index is 1.50. The average molecular weight is 728 g/mol. The zero-order chi connectivity index (χ0) is 38.5. The summed E-state index contributed by atoms with van der Waals surface area (Å²) in [7, 11) is 1.55. The van der Waals surface area contributed by atoms with Crippen LogP contribution in [0.2, 0.25) is 0 Å². The third kappa shape index (κ3) is 8.94. The van der Waals surface area contributed by atoms with E-state index in [4.69, 9.17) is 19.2 Å². The zero-order valence-electron chi connectivity index (χ0n) is 30.4. The Labute approximate surface area is 307 Å². The van der Waals surface area contributed by atoms with E-state index in [0.29, 0.717) is 28.1 Å². The van der Waals surface area contributed by atoms with Crippen LogP contribution >= 0.6 is 0 Å². The van der Waals surface area contributed by atoms with Gasteiger partial charge in [-0.3, -0.25) is 14.4 Å². The van der Waals surface area contributed by atoms with Crippen molar-refractivity contribution in [2.75, 3.05) is 20.2 Å². The maximum Gasteiger partial charge on any atom is 0.408 e. The number of amides is 4. The number of carboxylic acid groups (broad SMARTS) is 1. The van der Waals surface area contributed by atoms with Gasteiger partial charge in [0.05, 0.1) is 24.9 Å². The summed E-state index contributed by atoms with van der Waals surface area (Å²) in [5.41, 5.74) is -0.418. The van der Waals surface area contributed by atoms with Crippen LogP contribution in [0.5, 0.6) is 11.5 Å². The number of nitrogens with zero attached hydrogens (tertiary/aromatic N) is 2. The van der Waals surface area contributed by atoms with Crippen LogP contribution in [0.15, 0.2) is 79.4 Å². The first kappa shape index (κ1) is 38.3. The van der Waals surface area contributed by atoms with Gasteiger partial charge in [-0.2, -0.15) is 0 Å². The fourth-order valence-corrected chi connectivity index (χ4v) is 6.29. The van der Waals surface area contributed by atoms with E-state index in [9.17, 15) is 29.1 Å². The van der Waals surface area contributed by atoms with Gasteiger partial charge in [-0.15, -0.1) is 6.58 Å². The fraction of sp³-hybridized carbons (Fsp3) is 0.385. The van der Waals surface area contributed by atoms with Crippen molar-refractivity contribution in [1.29, 1.82) is 0 Å². The van der Waals surface area contributed by atoms with Crippen molar-refractivity contribution in [3.8, 4) is 22.8 Å². The molecule has 14 nitrogen and oxygen atoms in total. The highest BCUT2D eigenvalue weighted by atomic mass is 16.6. The molecule has 0 bridgehead atoms. The second-order valence-corrected chi connectivity index (χ2v) is 14.0. The van der Waals surface area contributed by atoms with E-state index in [1.165, 1.54) is 23.1 Å². The standard InChI is InChI=1S/C39H45N5O9/c1-7-12-33(45)40-21-30(42-37(50)53-38(3,4)5)35(47)44-22-26(18-31(44)34(46)43-39(36(48)49)20-24(39)8-2)52-32-19-28(23-13-10-9-11-14-23)41-29-17-25(51-6)15-16-27(29)32/h7-17,19,24,26,30-31H,2,18,20-22H2,1,3-6H3,(H,40,45)(H,42,50)(H,43,46)(H,48,49). The third-order valence-electron chi connectivity index (χ3n) is 9.01. The summed E-state index contributed by atoms with van der Waals surface area (Å²) < 4.78 is 17.4. The van der Waals surface area contributed by atoms with Gasteiger partial charge in [-0.1, -0.05) is 42.5 Å². The van der Waals surface area contributed by atoms with Crippen molar-refractivity contribution >= 4 is 40.7 Å². The molecule has 1 aliphatic carbocycles. The van der Waals surface area contributed by atoms with E-state index < -0.39 is 65.0 Å². The maximum atomic E-state index is 14.4. The summed E-state index contributed by atoms with van der Waals surface area (Å²) in [6.45, 7) is 9.89. The molecule has 4 amide bonds. The number of hydrogen-bond donors (Lipinski definition) is 4. The molecule has 5 unspecified atom stereocenters. The number of methoxy groups -OCH3 is 1. The molecule has 3 aromatic rings. The van der Waals surface area contributed by atoms with Crippen LogP contribution in [0.3, 0.4) is 0 Å². The highest BCUT2D eigenvalue weighted by molar-refractivity contribution is 5.97. The number of aliphatic carboxylic acids is 1. The Morgan fingerprint density at radius 2 is 1.85 bits per heavy atom. The van der Waals surface area contributed by atoms with Crippen LogP contribution in [-0.4, -0.2) is 94.3 Å². The van der Waals surface area contributed by atoms with Gasteiger partial charge in [0.15, 0.2) is 0 Å². The first-order chi connectivity index (χ1) is 25.2. The Morgan fingerprint density at radius 1 is 1.11 bits per heavy atom. The fourth-order valence-electron chi connectivity index (χ4n) is 6.29. The van der Waals surface area contributed by atoms with Gasteiger partial charge in [0, 0.05) is 42.0 Å². The second kappa shape index (κ2) is 15.8. The van der Waals surface area contributed by atoms with E-state index in [-0.39, 0.29) is 25.9 Å². The summed E-state index contributed by atoms with van der Waals surface area (Å²) in [5.74, 6) is -2.61. The minimum absolute atomic E-state index is 0.0171. The Hall–Kier alpha value is -5.92. The summed E-state index contributed by atoms with van der Waals surface area (Å²) in [4.78, 5) is 72.1. The highest BCUT2D eigenvalue weighted by Gasteiger charge is 2.61. The number of likely N-dealkylation sites (tertiary alicyclic amines) is 1. The lowest BCUT2D eigenvalue weighted by atomic mass is 10.1. The lowest BCUT2D eigenvalue weighted by Gasteiger charge is -2.30. The van der Waals surface area contributed by atoms with Crippen LogP contribution in [0.4, 0.5) is 4.79 Å². The number of rotatable bonds is 13. The summed E-state index contributed by atoms with van der Waals surface area (Å²) in [5, 5.41) is 18.5. The van der Waals surface area contributed by atoms with Crippen LogP contribution in [-0.2, 0) is 23.9 Å². The Morgan fingerprint density at radius 3 is 2.47 bits per heavy atom. The summed E-state index contributed by atoms with van der Waals surface area (Å²) in [6.07, 6.45) is 2.71. The molecule has 2 aromatic carbocycles. The molecular weight excluding hydrogens is 682 g/mol. The molecule has 1 saturated carbocycles. The van der Waals surface area contributed by atoms with Gasteiger partial charge >= 0.3 is 12.1 Å². The topological polar surface area (TPSA) is 185 Å². The smallest absolute Gasteiger partial charge is 0.408 e. The number of allylic oxidation sites excluding steroid dienone is 1. The molecule has 14 heteroatoms. The molecule has 1 aliphatic heterocycles. The van der Waals surface area contributed by atoms with Crippen molar-refractivity contribution in [3.63, 3.8) is 0 Å². The molecule has 280 valence electrons. The number of pyridine rings is 1. The lowest BCUT2D eigenvalue weighted by Crippen LogP contribution is -2.58. The van der Waals surface area contributed by atoms with E-state index in [0.717, 1.165) is 5.56 Å². The molecule has 2 aliphatic rings. The number of carboxylic acids is 1. The normalized spacial score (nSPS) is 21.4. The molecular formula is C39H45N5O9. The first-order valence-corrected chi connectivity index (χ1v) is 17.3. The molecule has 2 heterocycles. The van der Waals surface area contributed by atoms with Gasteiger partial charge in [0.25, 0.3) is 0 Å². The van der Waals surface area contributed by atoms with Crippen LogP contribution in [0.1, 0.15) is 40.5 Å². The Kier molecular flexibility index (Phi) is 11.4. The maximum absolute atomic E-state index is 14.4. The van der Waals surface area contributed by atoms with E-state index in [2.05, 4.69) is 22.5 Å². The van der Waals surface area contributed by atoms with Crippen LogP contribution < -0.4 is 25.4 Å². The monoisotopic (exact) mass is 727 g/mol. The number of alkyl carbamates (subject to hydrolysis) is 1. The van der Waals surface area contributed by atoms with Crippen molar-refractivity contribution in [3.05, 3.63) is 79.4 Å². The third-order valence-corrected chi connectivity index (χ3v) is 9.01. The molecule has 1 saturated heterocycles. The van der Waals surface area contributed by atoms with Crippen molar-refractivity contribution in [2.24, 2.45) is 5.92 Å². The van der Waals surface area contributed by atoms with Crippen molar-refractivity contribution in [1.82, 2.24) is 25.8 Å². The first-order valence-electron chi connectivity index (χ1n) is 17.3. The summed E-state index contributed by atoms with van der Waals surface area (Å²) in [6, 6.07) is 14.1. The van der Waals surface area contributed by atoms with Crippen LogP contribution in [0, 0.1) is 5.92 Å². The predicted octanol–water partition coefficient (Wildman–Crippen LogP) is 3.99. The minimum atomic E-state index is -1.56. The minimum Gasteiger partial charge on any atom is -0.497 e. The van der Waals surface area contributed by atoms with Crippen LogP contribution in [0.25, 0.3) is 22.2 Å². The number of hydrogen-bond acceptors (Lipinski definition) is 9. The molecule has 0 radical (unpaired) electrons. The van der Waals surface area contributed by atoms with Gasteiger partial charge in [0.1, 0.15) is 40.8 Å².